The van der Waals surface area contributed by atoms with E-state index in [1.54, 1.807) is 48.1 Å². The molecule has 7 nitrogen and oxygen atoms in total. The van der Waals surface area contributed by atoms with Gasteiger partial charge in [-0.15, -0.1) is 5.10 Å². The molecule has 0 saturated carbocycles. The van der Waals surface area contributed by atoms with Crippen molar-refractivity contribution in [1.82, 2.24) is 19.9 Å². The van der Waals surface area contributed by atoms with Crippen molar-refractivity contribution in [2.24, 2.45) is 0 Å². The lowest BCUT2D eigenvalue weighted by Gasteiger charge is -2.17. The topological polar surface area (TPSA) is 80.1 Å². The Morgan fingerprint density at radius 1 is 1.19 bits per heavy atom. The van der Waals surface area contributed by atoms with Gasteiger partial charge >= 0.3 is 0 Å². The number of benzene rings is 2. The Kier molecular flexibility index (Phi) is 5.41. The first-order chi connectivity index (χ1) is 12.8. The Morgan fingerprint density at radius 3 is 2.56 bits per heavy atom. The molecule has 0 radical (unpaired) electrons. The standard InChI is InChI=1S/C19H20ClN5O2/c1-12(2)25-17-9-4-13(10-16(17)22-23-25)19(27)24(3)11-18(26)21-15-7-5-14(20)6-8-15/h4-10,12H,11H2,1-3H3,(H,21,26). The van der Waals surface area contributed by atoms with Crippen LogP contribution in [0.1, 0.15) is 30.2 Å². The number of nitrogens with one attached hydrogen (secondary N) is 1. The number of amides is 2. The highest BCUT2D eigenvalue weighted by Gasteiger charge is 2.17. The van der Waals surface area contributed by atoms with Gasteiger partial charge in [0.05, 0.1) is 12.1 Å². The van der Waals surface area contributed by atoms with Gasteiger partial charge in [-0.1, -0.05) is 16.8 Å². The van der Waals surface area contributed by atoms with E-state index in [1.165, 1.54) is 4.90 Å². The molecule has 0 fully saturated rings. The quantitative estimate of drug-likeness (QED) is 0.730. The van der Waals surface area contributed by atoms with Crippen LogP contribution in [0, 0.1) is 0 Å². The van der Waals surface area contributed by atoms with Crippen LogP contribution in [0.3, 0.4) is 0 Å². The van der Waals surface area contributed by atoms with E-state index < -0.39 is 0 Å². The number of aromatic nitrogens is 3. The first kappa shape index (κ1) is 18.8. The van der Waals surface area contributed by atoms with Crippen LogP contribution in [0.25, 0.3) is 11.0 Å². The van der Waals surface area contributed by atoms with Crippen molar-refractivity contribution in [1.29, 1.82) is 0 Å². The number of nitrogens with zero attached hydrogens (tertiary/aromatic N) is 4. The predicted molar refractivity (Wildman–Crippen MR) is 105 cm³/mol. The summed E-state index contributed by atoms with van der Waals surface area (Å²) in [5, 5.41) is 11.6. The van der Waals surface area contributed by atoms with E-state index in [0.717, 1.165) is 5.52 Å². The van der Waals surface area contributed by atoms with Gasteiger partial charge in [0.2, 0.25) is 5.91 Å². The summed E-state index contributed by atoms with van der Waals surface area (Å²) in [5.41, 5.74) is 2.59. The second-order valence-electron chi connectivity index (χ2n) is 6.55. The third-order valence-electron chi connectivity index (χ3n) is 4.06. The van der Waals surface area contributed by atoms with Crippen molar-refractivity contribution in [3.05, 3.63) is 53.1 Å². The first-order valence-electron chi connectivity index (χ1n) is 8.51. The summed E-state index contributed by atoms with van der Waals surface area (Å²) in [6.07, 6.45) is 0. The minimum atomic E-state index is -0.292. The highest BCUT2D eigenvalue weighted by Crippen LogP contribution is 2.18. The summed E-state index contributed by atoms with van der Waals surface area (Å²) >= 11 is 5.83. The molecule has 3 aromatic rings. The van der Waals surface area contributed by atoms with E-state index in [-0.39, 0.29) is 24.4 Å². The highest BCUT2D eigenvalue weighted by atomic mass is 35.5. The molecule has 3 rings (SSSR count). The number of anilines is 1. The maximum absolute atomic E-state index is 12.6. The van der Waals surface area contributed by atoms with Crippen LogP contribution in [0.4, 0.5) is 5.69 Å². The summed E-state index contributed by atoms with van der Waals surface area (Å²) < 4.78 is 1.80. The average Bonchev–Trinajstić information content (AvgIpc) is 3.06. The van der Waals surface area contributed by atoms with Crippen LogP contribution < -0.4 is 5.32 Å². The molecule has 0 spiro atoms. The summed E-state index contributed by atoms with van der Waals surface area (Å²) in [6.45, 7) is 3.96. The number of halogens is 1. The van der Waals surface area contributed by atoms with E-state index in [2.05, 4.69) is 15.6 Å². The Labute approximate surface area is 161 Å². The van der Waals surface area contributed by atoms with Crippen LogP contribution in [0.2, 0.25) is 5.02 Å². The van der Waals surface area contributed by atoms with Crippen LogP contribution in [0.5, 0.6) is 0 Å². The molecule has 0 bridgehead atoms. The van der Waals surface area contributed by atoms with Crippen LogP contribution in [0.15, 0.2) is 42.5 Å². The van der Waals surface area contributed by atoms with Crippen LogP contribution >= 0.6 is 11.6 Å². The van der Waals surface area contributed by atoms with Crippen LogP contribution in [-0.2, 0) is 4.79 Å². The van der Waals surface area contributed by atoms with E-state index in [9.17, 15) is 9.59 Å². The first-order valence-corrected chi connectivity index (χ1v) is 8.89. The zero-order chi connectivity index (χ0) is 19.6. The Balaban J connectivity index is 1.68. The molecule has 2 amide bonds. The van der Waals surface area contributed by atoms with Gasteiger partial charge in [0.1, 0.15) is 5.52 Å². The molecule has 2 aromatic carbocycles. The second kappa shape index (κ2) is 7.75. The fraction of sp³-hybridized carbons (Fsp3) is 0.263. The lowest BCUT2D eigenvalue weighted by Crippen LogP contribution is -2.34. The molecule has 0 atom stereocenters. The van der Waals surface area contributed by atoms with Gasteiger partial charge in [-0.25, -0.2) is 4.68 Å². The van der Waals surface area contributed by atoms with Crippen molar-refractivity contribution in [2.75, 3.05) is 18.9 Å². The lowest BCUT2D eigenvalue weighted by atomic mass is 10.1. The third-order valence-corrected chi connectivity index (χ3v) is 4.31. The number of likely N-dealkylation sites (N-methyl/N-ethyl adjacent to an activating group) is 1. The van der Waals surface area contributed by atoms with Gasteiger partial charge in [-0.3, -0.25) is 9.59 Å². The number of carbonyl (C=O) groups is 2. The van der Waals surface area contributed by atoms with Gasteiger partial charge in [-0.05, 0) is 56.3 Å². The van der Waals surface area contributed by atoms with E-state index >= 15 is 0 Å². The minimum absolute atomic E-state index is 0.0712. The molecule has 0 unspecified atom stereocenters. The second-order valence-corrected chi connectivity index (χ2v) is 6.98. The lowest BCUT2D eigenvalue weighted by molar-refractivity contribution is -0.116. The van der Waals surface area contributed by atoms with Gasteiger partial charge in [-0.2, -0.15) is 0 Å². The Morgan fingerprint density at radius 2 is 1.89 bits per heavy atom. The third kappa shape index (κ3) is 4.25. The van der Waals surface area contributed by atoms with Crippen molar-refractivity contribution < 1.29 is 9.59 Å². The van der Waals surface area contributed by atoms with Crippen LogP contribution in [-0.4, -0.2) is 45.3 Å². The summed E-state index contributed by atoms with van der Waals surface area (Å²) in [7, 11) is 1.58. The van der Waals surface area contributed by atoms with E-state index in [4.69, 9.17) is 11.6 Å². The predicted octanol–water partition coefficient (Wildman–Crippen LogP) is 3.38. The summed E-state index contributed by atoms with van der Waals surface area (Å²) in [6, 6.07) is 12.2. The number of hydrogen-bond donors (Lipinski definition) is 1. The van der Waals surface area contributed by atoms with Crippen molar-refractivity contribution in [2.45, 2.75) is 19.9 Å². The molecule has 0 aliphatic carbocycles. The molecule has 1 aromatic heterocycles. The molecule has 8 heteroatoms. The van der Waals surface area contributed by atoms with Gasteiger partial charge in [0.25, 0.3) is 5.91 Å². The average molecular weight is 386 g/mol. The van der Waals surface area contributed by atoms with E-state index in [0.29, 0.717) is 21.8 Å². The van der Waals surface area contributed by atoms with Gasteiger partial charge < -0.3 is 10.2 Å². The molecular weight excluding hydrogens is 366 g/mol. The van der Waals surface area contributed by atoms with Crippen molar-refractivity contribution in [3.63, 3.8) is 0 Å². The molecular formula is C19H20ClN5O2. The molecule has 0 saturated heterocycles. The van der Waals surface area contributed by atoms with E-state index in [1.807, 2.05) is 19.9 Å². The fourth-order valence-corrected chi connectivity index (χ4v) is 2.82. The summed E-state index contributed by atoms with van der Waals surface area (Å²) in [5.74, 6) is -0.553. The normalized spacial score (nSPS) is 11.0. The van der Waals surface area contributed by atoms with Crippen molar-refractivity contribution >= 4 is 40.1 Å². The molecule has 0 aliphatic rings. The minimum Gasteiger partial charge on any atom is -0.332 e. The Hall–Kier alpha value is -2.93. The fourth-order valence-electron chi connectivity index (χ4n) is 2.70. The number of carbonyl (C=O) groups excluding carboxylic acids is 2. The molecule has 1 N–H and O–H groups in total. The smallest absolute Gasteiger partial charge is 0.254 e. The molecule has 1 heterocycles. The monoisotopic (exact) mass is 385 g/mol. The SMILES string of the molecule is CC(C)n1nnc2cc(C(=O)N(C)CC(=O)Nc3ccc(Cl)cc3)ccc21. The zero-order valence-electron chi connectivity index (χ0n) is 15.3. The molecule has 27 heavy (non-hydrogen) atoms. The Bertz CT molecular complexity index is 981. The van der Waals surface area contributed by atoms with Gasteiger partial charge in [0.15, 0.2) is 0 Å². The zero-order valence-corrected chi connectivity index (χ0v) is 16.1. The maximum Gasteiger partial charge on any atom is 0.254 e. The maximum atomic E-state index is 12.6. The summed E-state index contributed by atoms with van der Waals surface area (Å²) in [4.78, 5) is 26.2. The molecule has 140 valence electrons. The molecule has 0 aliphatic heterocycles. The number of rotatable bonds is 5. The highest BCUT2D eigenvalue weighted by molar-refractivity contribution is 6.30. The van der Waals surface area contributed by atoms with Gasteiger partial charge in [0, 0.05) is 29.4 Å². The number of hydrogen-bond acceptors (Lipinski definition) is 4. The van der Waals surface area contributed by atoms with Crippen molar-refractivity contribution in [3.8, 4) is 0 Å². The largest absolute Gasteiger partial charge is 0.332 e. The number of fused-ring (bicyclic) bond motifs is 1.